The standard InChI is InChI=1S/C14H14N2O5/c1-20-16(19)12-4-8-14(9-5-12)21-15(18)10-11-2-6-13(17)7-3-11/h2-9,17H,10H2,1H3/q-2. The molecule has 0 aliphatic rings. The number of hydroxylamine groups is 2. The molecule has 7 heteroatoms. The first-order chi connectivity index (χ1) is 10.1. The van der Waals surface area contributed by atoms with E-state index in [1.165, 1.54) is 43.5 Å². The largest absolute Gasteiger partial charge is 0.752 e. The molecule has 0 atom stereocenters. The highest BCUT2D eigenvalue weighted by molar-refractivity contribution is 5.47. The molecule has 0 aliphatic carbocycles. The smallest absolute Gasteiger partial charge is 0.146 e. The van der Waals surface area contributed by atoms with Gasteiger partial charge in [-0.1, -0.05) is 12.1 Å². The van der Waals surface area contributed by atoms with Crippen LogP contribution >= 0.6 is 0 Å². The van der Waals surface area contributed by atoms with Gasteiger partial charge >= 0.3 is 0 Å². The van der Waals surface area contributed by atoms with Gasteiger partial charge in [-0.15, -0.1) is 0 Å². The van der Waals surface area contributed by atoms with Crippen molar-refractivity contribution in [3.8, 4) is 11.5 Å². The topological polar surface area (TPSA) is 91.3 Å². The Labute approximate surface area is 121 Å². The predicted molar refractivity (Wildman–Crippen MR) is 76.9 cm³/mol. The van der Waals surface area contributed by atoms with Crippen molar-refractivity contribution in [1.29, 1.82) is 0 Å². The number of anilines is 1. The van der Waals surface area contributed by atoms with Crippen LogP contribution in [0.5, 0.6) is 11.5 Å². The lowest BCUT2D eigenvalue weighted by molar-refractivity contribution is -0.0154. The summed E-state index contributed by atoms with van der Waals surface area (Å²) in [5, 5.41) is 32.8. The van der Waals surface area contributed by atoms with Gasteiger partial charge in [0.05, 0.1) is 12.8 Å². The van der Waals surface area contributed by atoms with Crippen molar-refractivity contribution >= 4 is 5.69 Å². The molecule has 0 fully saturated rings. The second-order valence-corrected chi connectivity index (χ2v) is 4.18. The van der Waals surface area contributed by atoms with E-state index in [-0.39, 0.29) is 12.3 Å². The molecule has 21 heavy (non-hydrogen) atoms. The third kappa shape index (κ3) is 4.33. The number of phenols is 1. The van der Waals surface area contributed by atoms with Gasteiger partial charge in [-0.05, 0) is 42.0 Å². The monoisotopic (exact) mass is 290 g/mol. The molecule has 0 saturated carbocycles. The molecule has 0 unspecified atom stereocenters. The number of nitrogens with zero attached hydrogens (tertiary/aromatic N) is 2. The Hall–Kier alpha value is -2.32. The maximum absolute atomic E-state index is 11.7. The van der Waals surface area contributed by atoms with Crippen molar-refractivity contribution in [3.05, 3.63) is 64.5 Å². The Kier molecular flexibility index (Phi) is 4.96. The van der Waals surface area contributed by atoms with Crippen molar-refractivity contribution in [2.75, 3.05) is 12.3 Å². The highest BCUT2D eigenvalue weighted by Crippen LogP contribution is 2.20. The number of aromatic hydroxyl groups is 1. The van der Waals surface area contributed by atoms with Crippen molar-refractivity contribution in [3.63, 3.8) is 0 Å². The van der Waals surface area contributed by atoms with Gasteiger partial charge in [-0.25, -0.2) is 5.23 Å². The van der Waals surface area contributed by atoms with Crippen LogP contribution in [0, 0.1) is 10.4 Å². The van der Waals surface area contributed by atoms with E-state index < -0.39 is 0 Å². The van der Waals surface area contributed by atoms with Crippen LogP contribution in [0.3, 0.4) is 0 Å². The van der Waals surface area contributed by atoms with Crippen LogP contribution in [-0.4, -0.2) is 17.4 Å². The van der Waals surface area contributed by atoms with Gasteiger partial charge in [0.1, 0.15) is 11.5 Å². The van der Waals surface area contributed by atoms with E-state index in [9.17, 15) is 10.4 Å². The maximum atomic E-state index is 11.7. The summed E-state index contributed by atoms with van der Waals surface area (Å²) in [7, 11) is 1.26. The summed E-state index contributed by atoms with van der Waals surface area (Å²) in [6.45, 7) is 0.00772. The van der Waals surface area contributed by atoms with Crippen molar-refractivity contribution in [1.82, 2.24) is 5.23 Å². The molecule has 7 nitrogen and oxygen atoms in total. The molecule has 0 spiro atoms. The highest BCUT2D eigenvalue weighted by atomic mass is 16.9. The minimum atomic E-state index is 0.00772. The van der Waals surface area contributed by atoms with Gasteiger partial charge in [0.15, 0.2) is 0 Å². The lowest BCUT2D eigenvalue weighted by Gasteiger charge is -2.29. The first-order valence-electron chi connectivity index (χ1n) is 6.10. The van der Waals surface area contributed by atoms with Gasteiger partial charge in [0, 0.05) is 6.54 Å². The van der Waals surface area contributed by atoms with E-state index in [0.717, 1.165) is 0 Å². The number of benzene rings is 2. The van der Waals surface area contributed by atoms with Crippen LogP contribution in [0.1, 0.15) is 5.56 Å². The molecule has 0 radical (unpaired) electrons. The Bertz CT molecular complexity index is 559. The first-order valence-corrected chi connectivity index (χ1v) is 6.10. The van der Waals surface area contributed by atoms with Gasteiger partial charge in [0.25, 0.3) is 0 Å². The number of rotatable bonds is 6. The summed E-state index contributed by atoms with van der Waals surface area (Å²) >= 11 is 0. The van der Waals surface area contributed by atoms with Crippen molar-refractivity contribution in [2.24, 2.45) is 0 Å². The van der Waals surface area contributed by atoms with Crippen LogP contribution in [0.4, 0.5) is 5.69 Å². The zero-order valence-corrected chi connectivity index (χ0v) is 11.3. The number of hydrogen-bond donors (Lipinski definition) is 1. The van der Waals surface area contributed by atoms with E-state index in [2.05, 4.69) is 4.84 Å². The second kappa shape index (κ2) is 6.91. The van der Waals surface area contributed by atoms with E-state index >= 15 is 0 Å². The van der Waals surface area contributed by atoms with Crippen LogP contribution in [0.25, 0.3) is 0 Å². The van der Waals surface area contributed by atoms with Crippen LogP contribution in [0.2, 0.25) is 0 Å². The Morgan fingerprint density at radius 2 is 1.62 bits per heavy atom. The lowest BCUT2D eigenvalue weighted by Crippen LogP contribution is -2.20. The maximum Gasteiger partial charge on any atom is 0.146 e. The van der Waals surface area contributed by atoms with E-state index in [1.54, 1.807) is 12.1 Å². The molecule has 0 heterocycles. The van der Waals surface area contributed by atoms with Crippen molar-refractivity contribution < 1.29 is 14.8 Å². The summed E-state index contributed by atoms with van der Waals surface area (Å²) in [6.07, 6.45) is 0. The quantitative estimate of drug-likeness (QED) is 0.817. The SMILES string of the molecule is CON([O-])c1ccc(ON([O-])Cc2ccc(O)cc2)cc1. The molecule has 2 aromatic rings. The number of hydrogen-bond acceptors (Lipinski definition) is 7. The zero-order valence-electron chi connectivity index (χ0n) is 11.3. The fourth-order valence-corrected chi connectivity index (χ4v) is 1.63. The molecule has 0 amide bonds. The Morgan fingerprint density at radius 3 is 2.19 bits per heavy atom. The predicted octanol–water partition coefficient (Wildman–Crippen LogP) is 2.55. The summed E-state index contributed by atoms with van der Waals surface area (Å²) < 4.78 is 0. The van der Waals surface area contributed by atoms with E-state index in [0.29, 0.717) is 27.5 Å². The lowest BCUT2D eigenvalue weighted by atomic mass is 10.2. The molecule has 0 aliphatic heterocycles. The van der Waals surface area contributed by atoms with Crippen LogP contribution in [-0.2, 0) is 11.4 Å². The molecule has 0 aromatic heterocycles. The highest BCUT2D eigenvalue weighted by Gasteiger charge is 2.00. The van der Waals surface area contributed by atoms with Gasteiger partial charge < -0.3 is 25.6 Å². The minimum absolute atomic E-state index is 0.00772. The van der Waals surface area contributed by atoms with Gasteiger partial charge in [-0.2, -0.15) is 0 Å². The van der Waals surface area contributed by atoms with E-state index in [4.69, 9.17) is 9.94 Å². The Balaban J connectivity index is 1.93. The number of phenolic OH excluding ortho intramolecular Hbond substituents is 1. The molecule has 0 bridgehead atoms. The summed E-state index contributed by atoms with van der Waals surface area (Å²) in [4.78, 5) is 9.56. The fraction of sp³-hybridized carbons (Fsp3) is 0.143. The summed E-state index contributed by atoms with van der Waals surface area (Å²) in [5.41, 5.74) is 0.991. The van der Waals surface area contributed by atoms with Crippen LogP contribution < -0.4 is 10.1 Å². The fourth-order valence-electron chi connectivity index (χ4n) is 1.63. The molecule has 0 saturated heterocycles. The average Bonchev–Trinajstić information content (AvgIpc) is 2.49. The normalized spacial score (nSPS) is 10.7. The zero-order chi connectivity index (χ0) is 15.2. The minimum Gasteiger partial charge on any atom is -0.752 e. The van der Waals surface area contributed by atoms with Gasteiger partial charge in [0.2, 0.25) is 0 Å². The second-order valence-electron chi connectivity index (χ2n) is 4.18. The molecule has 2 aromatic carbocycles. The van der Waals surface area contributed by atoms with E-state index in [1.807, 2.05) is 0 Å². The summed E-state index contributed by atoms with van der Waals surface area (Å²) in [5.74, 6) is 0.435. The molecular weight excluding hydrogens is 276 g/mol. The summed E-state index contributed by atoms with van der Waals surface area (Å²) in [6, 6.07) is 12.2. The van der Waals surface area contributed by atoms with Crippen LogP contribution in [0.15, 0.2) is 48.5 Å². The molecular formula is C14H14N2O5-2. The third-order valence-corrected chi connectivity index (χ3v) is 2.67. The molecule has 2 rings (SSSR count). The first kappa shape index (κ1) is 15.1. The van der Waals surface area contributed by atoms with Crippen molar-refractivity contribution in [2.45, 2.75) is 6.54 Å². The molecule has 1 N–H and O–H groups in total. The third-order valence-electron chi connectivity index (χ3n) is 2.67. The van der Waals surface area contributed by atoms with Gasteiger partial charge in [-0.3, -0.25) is 4.84 Å². The Morgan fingerprint density at radius 1 is 1.00 bits per heavy atom. The molecule has 112 valence electrons. The average molecular weight is 290 g/mol.